The highest BCUT2D eigenvalue weighted by atomic mass is 35.5. The summed E-state index contributed by atoms with van der Waals surface area (Å²) in [5.41, 5.74) is -0.352. The Hall–Kier alpha value is -2.22. The maximum Gasteiger partial charge on any atom is 0.475 e. The van der Waals surface area contributed by atoms with Gasteiger partial charge in [0.1, 0.15) is 17.5 Å². The number of nitrogens with zero attached hydrogens (tertiary/aromatic N) is 2. The predicted molar refractivity (Wildman–Crippen MR) is 65.3 cm³/mol. The van der Waals surface area contributed by atoms with Crippen LogP contribution >= 0.6 is 11.6 Å². The Balaban J connectivity index is 2.17. The highest BCUT2D eigenvalue weighted by Crippen LogP contribution is 2.48. The summed E-state index contributed by atoms with van der Waals surface area (Å²) in [6.45, 7) is 0. The van der Waals surface area contributed by atoms with Crippen molar-refractivity contribution in [2.75, 3.05) is 0 Å². The lowest BCUT2D eigenvalue weighted by Gasteiger charge is -2.26. The fourth-order valence-electron chi connectivity index (χ4n) is 1.91. The van der Waals surface area contributed by atoms with Crippen LogP contribution in [-0.2, 0) is 15.4 Å². The van der Waals surface area contributed by atoms with E-state index < -0.39 is 17.5 Å². The summed E-state index contributed by atoms with van der Waals surface area (Å²) in [4.78, 5) is 4.43. The van der Waals surface area contributed by atoms with Crippen LogP contribution < -0.4 is 0 Å². The van der Waals surface area contributed by atoms with Gasteiger partial charge in [-0.1, -0.05) is 40.1 Å². The van der Waals surface area contributed by atoms with Crippen LogP contribution in [0.5, 0.6) is 0 Å². The Labute approximate surface area is 120 Å². The monoisotopic (exact) mass is 318 g/mol. The topological polar surface area (TPSA) is 56.9 Å². The average molecular weight is 319 g/mol. The highest BCUT2D eigenvalue weighted by molar-refractivity contribution is 6.33. The minimum Gasteiger partial charge on any atom is -0.425 e. The number of alkyl halides is 3. The maximum absolute atomic E-state index is 13.3. The van der Waals surface area contributed by atoms with E-state index >= 15 is 0 Å². The summed E-state index contributed by atoms with van der Waals surface area (Å²) in [6.07, 6.45) is -3.54. The van der Waals surface area contributed by atoms with Gasteiger partial charge in [0.25, 0.3) is 0 Å². The minimum atomic E-state index is -4.90. The van der Waals surface area contributed by atoms with Crippen LogP contribution in [0.3, 0.4) is 0 Å². The standard InChI is InChI=1S/C12H6ClF3N2O3/c13-9-4-2-1-3-7(9)10-8(5-20-18-10)11(12(14,15)16)19-6-17-21-11/h1-6H/t11-/m0/s1. The van der Waals surface area contributed by atoms with Crippen molar-refractivity contribution in [3.05, 3.63) is 41.1 Å². The maximum atomic E-state index is 13.3. The number of halogens is 4. The van der Waals surface area contributed by atoms with Gasteiger partial charge >= 0.3 is 12.0 Å². The molecule has 0 fully saturated rings. The van der Waals surface area contributed by atoms with Crippen molar-refractivity contribution in [3.63, 3.8) is 0 Å². The summed E-state index contributed by atoms with van der Waals surface area (Å²) in [5.74, 6) is -3.10. The first-order chi connectivity index (χ1) is 9.96. The molecule has 1 aromatic carbocycles. The third kappa shape index (κ3) is 2.02. The van der Waals surface area contributed by atoms with E-state index in [0.29, 0.717) is 6.40 Å². The van der Waals surface area contributed by atoms with E-state index in [2.05, 4.69) is 24.4 Å². The molecule has 0 saturated carbocycles. The van der Waals surface area contributed by atoms with Gasteiger partial charge < -0.3 is 14.1 Å². The van der Waals surface area contributed by atoms with E-state index in [9.17, 15) is 13.2 Å². The molecule has 9 heteroatoms. The SMILES string of the molecule is FC(F)(F)[C@@]1(c2conc2-c2ccccc2Cl)OC=NO1. The first-order valence-corrected chi connectivity index (χ1v) is 5.98. The van der Waals surface area contributed by atoms with Crippen molar-refractivity contribution in [3.8, 4) is 11.3 Å². The van der Waals surface area contributed by atoms with Crippen LogP contribution in [-0.4, -0.2) is 17.7 Å². The van der Waals surface area contributed by atoms with Gasteiger partial charge in [0.2, 0.25) is 6.40 Å². The van der Waals surface area contributed by atoms with Crippen LogP contribution in [0.15, 0.2) is 40.2 Å². The van der Waals surface area contributed by atoms with Crippen LogP contribution in [0, 0.1) is 0 Å². The lowest BCUT2D eigenvalue weighted by atomic mass is 10.0. The van der Waals surface area contributed by atoms with Crippen LogP contribution in [0.25, 0.3) is 11.3 Å². The molecule has 21 heavy (non-hydrogen) atoms. The van der Waals surface area contributed by atoms with E-state index in [4.69, 9.17) is 11.6 Å². The zero-order valence-corrected chi connectivity index (χ0v) is 10.9. The molecule has 1 aliphatic rings. The molecule has 0 saturated heterocycles. The number of ether oxygens (including phenoxy) is 1. The Morgan fingerprint density at radius 1 is 1.19 bits per heavy atom. The summed E-state index contributed by atoms with van der Waals surface area (Å²) in [6, 6.07) is 6.26. The molecule has 0 aliphatic carbocycles. The van der Waals surface area contributed by atoms with Crippen LogP contribution in [0.4, 0.5) is 13.2 Å². The summed E-state index contributed by atoms with van der Waals surface area (Å²) >= 11 is 5.98. The zero-order valence-electron chi connectivity index (χ0n) is 10.1. The molecular weight excluding hydrogens is 313 g/mol. The first kappa shape index (κ1) is 13.7. The molecule has 1 atom stereocenters. The van der Waals surface area contributed by atoms with E-state index in [0.717, 1.165) is 6.26 Å². The molecule has 5 nitrogen and oxygen atoms in total. The lowest BCUT2D eigenvalue weighted by molar-refractivity contribution is -0.351. The van der Waals surface area contributed by atoms with Gasteiger partial charge in [-0.3, -0.25) is 0 Å². The van der Waals surface area contributed by atoms with Crippen molar-refractivity contribution in [1.82, 2.24) is 5.16 Å². The molecule has 2 aromatic rings. The molecule has 2 heterocycles. The largest absolute Gasteiger partial charge is 0.475 e. The third-order valence-corrected chi connectivity index (χ3v) is 3.20. The van der Waals surface area contributed by atoms with E-state index in [1.807, 2.05) is 0 Å². The van der Waals surface area contributed by atoms with E-state index in [1.165, 1.54) is 12.1 Å². The quantitative estimate of drug-likeness (QED) is 0.847. The lowest BCUT2D eigenvalue weighted by Crippen LogP contribution is -2.43. The normalized spacial score (nSPS) is 21.1. The van der Waals surface area contributed by atoms with Crippen LogP contribution in [0.1, 0.15) is 5.56 Å². The molecule has 1 aromatic heterocycles. The molecule has 1 aliphatic heterocycles. The fourth-order valence-corrected chi connectivity index (χ4v) is 2.14. The van der Waals surface area contributed by atoms with Gasteiger partial charge in [0.05, 0.1) is 5.02 Å². The van der Waals surface area contributed by atoms with Crippen molar-refractivity contribution in [1.29, 1.82) is 0 Å². The Morgan fingerprint density at radius 3 is 2.57 bits per heavy atom. The summed E-state index contributed by atoms with van der Waals surface area (Å²) in [5, 5.41) is 6.83. The van der Waals surface area contributed by atoms with Gasteiger partial charge in [0.15, 0.2) is 0 Å². The van der Waals surface area contributed by atoms with Gasteiger partial charge in [-0.2, -0.15) is 13.2 Å². The molecule has 0 amide bonds. The number of rotatable bonds is 2. The zero-order chi connectivity index (χ0) is 15.1. The first-order valence-electron chi connectivity index (χ1n) is 5.60. The summed E-state index contributed by atoms with van der Waals surface area (Å²) < 4.78 is 49.3. The molecular formula is C12H6ClF3N2O3. The second kappa shape index (κ2) is 4.66. The molecule has 0 unspecified atom stereocenters. The predicted octanol–water partition coefficient (Wildman–Crippen LogP) is 3.70. The Morgan fingerprint density at radius 2 is 1.95 bits per heavy atom. The number of oxime groups is 1. The average Bonchev–Trinajstić information content (AvgIpc) is 3.07. The molecule has 0 bridgehead atoms. The van der Waals surface area contributed by atoms with Gasteiger partial charge in [-0.05, 0) is 6.07 Å². The van der Waals surface area contributed by atoms with Crippen molar-refractivity contribution >= 4 is 18.0 Å². The second-order valence-corrected chi connectivity index (χ2v) is 4.50. The van der Waals surface area contributed by atoms with E-state index in [1.54, 1.807) is 12.1 Å². The number of benzene rings is 1. The number of hydrogen-bond donors (Lipinski definition) is 0. The molecule has 0 spiro atoms. The number of hydrogen-bond acceptors (Lipinski definition) is 5. The molecule has 0 radical (unpaired) electrons. The minimum absolute atomic E-state index is 0.136. The Kier molecular flexibility index (Phi) is 3.05. The van der Waals surface area contributed by atoms with Crippen molar-refractivity contribution < 1.29 is 27.3 Å². The summed E-state index contributed by atoms with van der Waals surface area (Å²) in [7, 11) is 0. The van der Waals surface area contributed by atoms with Gasteiger partial charge in [0, 0.05) is 5.56 Å². The van der Waals surface area contributed by atoms with Crippen molar-refractivity contribution in [2.24, 2.45) is 5.16 Å². The Bertz CT molecular complexity index is 691. The molecule has 0 N–H and O–H groups in total. The highest BCUT2D eigenvalue weighted by Gasteiger charge is 2.66. The molecule has 3 rings (SSSR count). The van der Waals surface area contributed by atoms with Gasteiger partial charge in [-0.15, -0.1) is 0 Å². The second-order valence-electron chi connectivity index (χ2n) is 4.09. The third-order valence-electron chi connectivity index (χ3n) is 2.87. The van der Waals surface area contributed by atoms with Crippen molar-refractivity contribution in [2.45, 2.75) is 12.0 Å². The van der Waals surface area contributed by atoms with Gasteiger partial charge in [-0.25, -0.2) is 0 Å². The molecule has 110 valence electrons. The number of aromatic nitrogens is 1. The van der Waals surface area contributed by atoms with Crippen LogP contribution in [0.2, 0.25) is 5.02 Å². The smallest absolute Gasteiger partial charge is 0.425 e. The van der Waals surface area contributed by atoms with E-state index in [-0.39, 0.29) is 16.3 Å². The fraction of sp³-hybridized carbons (Fsp3) is 0.167.